The monoisotopic (exact) mass is 398 g/mol. The summed E-state index contributed by atoms with van der Waals surface area (Å²) in [7, 11) is 0. The topological polar surface area (TPSA) is 40.8 Å². The molecule has 1 aliphatic heterocycles. The van der Waals surface area contributed by atoms with Gasteiger partial charge in [-0.25, -0.2) is 4.79 Å². The predicted octanol–water partition coefficient (Wildman–Crippen LogP) is 3.52. The highest BCUT2D eigenvalue weighted by molar-refractivity contribution is 7.09. The van der Waals surface area contributed by atoms with Crippen molar-refractivity contribution < 1.29 is 18.0 Å². The van der Waals surface area contributed by atoms with Crippen LogP contribution < -0.4 is 4.80 Å². The largest absolute Gasteiger partial charge is 0.416 e. The molecule has 0 saturated carbocycles. The Morgan fingerprint density at radius 3 is 2.33 bits per heavy atom. The lowest BCUT2D eigenvalue weighted by molar-refractivity contribution is -0.137. The van der Waals surface area contributed by atoms with Crippen molar-refractivity contribution in [1.29, 1.82) is 0 Å². The van der Waals surface area contributed by atoms with Crippen LogP contribution >= 0.6 is 11.3 Å². The van der Waals surface area contributed by atoms with Crippen molar-refractivity contribution >= 4 is 17.4 Å². The van der Waals surface area contributed by atoms with Crippen LogP contribution in [0.15, 0.2) is 35.5 Å². The minimum Gasteiger partial charge on any atom is -0.320 e. The number of nitrogens with zero attached hydrogens (tertiary/aromatic N) is 4. The van der Waals surface area contributed by atoms with Gasteiger partial charge in [-0.1, -0.05) is 6.92 Å². The first-order chi connectivity index (χ1) is 12.8. The summed E-state index contributed by atoms with van der Waals surface area (Å²) >= 11 is 1.33. The quantitative estimate of drug-likeness (QED) is 0.777. The lowest BCUT2D eigenvalue weighted by Gasteiger charge is -2.32. The van der Waals surface area contributed by atoms with Crippen LogP contribution in [0.25, 0.3) is 5.69 Å². The lowest BCUT2D eigenvalue weighted by Crippen LogP contribution is -2.48. The summed E-state index contributed by atoms with van der Waals surface area (Å²) in [5.74, 6) is 0. The highest BCUT2D eigenvalue weighted by Crippen LogP contribution is 2.29. The van der Waals surface area contributed by atoms with E-state index in [-0.39, 0.29) is 6.03 Å². The summed E-state index contributed by atoms with van der Waals surface area (Å²) in [6.45, 7) is 7.80. The predicted molar refractivity (Wildman–Crippen MR) is 98.0 cm³/mol. The number of halogens is 3. The Morgan fingerprint density at radius 1 is 1.15 bits per heavy atom. The van der Waals surface area contributed by atoms with Crippen LogP contribution in [0.4, 0.5) is 18.0 Å². The molecule has 0 atom stereocenters. The molecule has 1 fully saturated rings. The zero-order valence-corrected chi connectivity index (χ0v) is 16.0. The molecule has 1 saturated heterocycles. The first kappa shape index (κ1) is 19.6. The van der Waals surface area contributed by atoms with E-state index in [1.54, 1.807) is 15.7 Å². The molecule has 0 unspecified atom stereocenters. The molecule has 0 N–H and O–H groups in total. The van der Waals surface area contributed by atoms with Crippen LogP contribution in [0.1, 0.15) is 17.4 Å². The fourth-order valence-corrected chi connectivity index (χ4v) is 3.76. The van der Waals surface area contributed by atoms with E-state index in [4.69, 9.17) is 0 Å². The molecule has 0 radical (unpaired) electrons. The SMILES string of the molecule is CCN1CCN(C(=O)N=c2sc(C)cn2-c2ccc(C(F)(F)F)cc2)CC1. The number of piperazine rings is 1. The number of hydrogen-bond acceptors (Lipinski definition) is 3. The molecule has 2 heterocycles. The van der Waals surface area contributed by atoms with Gasteiger partial charge >= 0.3 is 12.2 Å². The highest BCUT2D eigenvalue weighted by Gasteiger charge is 2.30. The van der Waals surface area contributed by atoms with Crippen molar-refractivity contribution in [3.63, 3.8) is 0 Å². The molecule has 0 spiro atoms. The van der Waals surface area contributed by atoms with Gasteiger partial charge < -0.3 is 9.80 Å². The molecule has 0 bridgehead atoms. The fraction of sp³-hybridized carbons (Fsp3) is 0.444. The van der Waals surface area contributed by atoms with Gasteiger partial charge in [-0.3, -0.25) is 4.57 Å². The number of aryl methyl sites for hydroxylation is 1. The van der Waals surface area contributed by atoms with Gasteiger partial charge in [-0.05, 0) is 37.7 Å². The Hall–Kier alpha value is -2.13. The van der Waals surface area contributed by atoms with E-state index in [9.17, 15) is 18.0 Å². The van der Waals surface area contributed by atoms with E-state index >= 15 is 0 Å². The number of carbonyl (C=O) groups is 1. The van der Waals surface area contributed by atoms with E-state index in [1.807, 2.05) is 6.92 Å². The Balaban J connectivity index is 1.85. The molecule has 1 aromatic carbocycles. The van der Waals surface area contributed by atoms with Crippen molar-refractivity contribution in [2.45, 2.75) is 20.0 Å². The second-order valence-electron chi connectivity index (χ2n) is 6.35. The third-order valence-corrected chi connectivity index (χ3v) is 5.42. The summed E-state index contributed by atoms with van der Waals surface area (Å²) < 4.78 is 39.9. The number of carbonyl (C=O) groups excluding carboxylic acids is 1. The maximum absolute atomic E-state index is 12.8. The van der Waals surface area contributed by atoms with Crippen LogP contribution in [0.5, 0.6) is 0 Å². The minimum atomic E-state index is -4.38. The molecule has 1 aromatic heterocycles. The lowest BCUT2D eigenvalue weighted by atomic mass is 10.2. The first-order valence-corrected chi connectivity index (χ1v) is 9.52. The summed E-state index contributed by atoms with van der Waals surface area (Å²) in [6.07, 6.45) is -2.61. The van der Waals surface area contributed by atoms with E-state index in [1.165, 1.54) is 23.5 Å². The van der Waals surface area contributed by atoms with Crippen molar-refractivity contribution in [2.75, 3.05) is 32.7 Å². The first-order valence-electron chi connectivity index (χ1n) is 8.70. The average Bonchev–Trinajstić information content (AvgIpc) is 3.01. The van der Waals surface area contributed by atoms with Gasteiger partial charge in [-0.2, -0.15) is 18.2 Å². The number of amides is 2. The third-order valence-electron chi connectivity index (χ3n) is 4.52. The van der Waals surface area contributed by atoms with Gasteiger partial charge in [-0.15, -0.1) is 11.3 Å². The average molecular weight is 398 g/mol. The second kappa shape index (κ2) is 7.85. The molecule has 2 aromatic rings. The van der Waals surface area contributed by atoms with Crippen LogP contribution in [0, 0.1) is 6.92 Å². The molecule has 1 aliphatic rings. The standard InChI is InChI=1S/C18H21F3N4OS/c1-3-23-8-10-24(11-9-23)16(26)22-17-25(12-13(2)27-17)15-6-4-14(5-7-15)18(19,20)21/h4-7,12H,3,8-11H2,1-2H3. The van der Waals surface area contributed by atoms with Crippen molar-refractivity contribution in [3.8, 4) is 5.69 Å². The number of rotatable bonds is 2. The Morgan fingerprint density at radius 2 is 1.78 bits per heavy atom. The van der Waals surface area contributed by atoms with E-state index < -0.39 is 11.7 Å². The molecule has 2 amide bonds. The van der Waals surface area contributed by atoms with Gasteiger partial charge in [0.05, 0.1) is 5.56 Å². The number of hydrogen-bond donors (Lipinski definition) is 0. The molecular weight excluding hydrogens is 377 g/mol. The van der Waals surface area contributed by atoms with Crippen LogP contribution in [0.3, 0.4) is 0 Å². The molecular formula is C18H21F3N4OS. The van der Waals surface area contributed by atoms with Gasteiger partial charge in [0.15, 0.2) is 4.80 Å². The van der Waals surface area contributed by atoms with E-state index in [2.05, 4.69) is 16.8 Å². The van der Waals surface area contributed by atoms with Crippen LogP contribution in [-0.4, -0.2) is 53.1 Å². The molecule has 0 aliphatic carbocycles. The smallest absolute Gasteiger partial charge is 0.320 e. The molecule has 5 nitrogen and oxygen atoms in total. The zero-order chi connectivity index (χ0) is 19.6. The number of urea groups is 1. The van der Waals surface area contributed by atoms with Gasteiger partial charge in [0.25, 0.3) is 0 Å². The number of likely N-dealkylation sites (N-methyl/N-ethyl adjacent to an activating group) is 1. The zero-order valence-electron chi connectivity index (χ0n) is 15.2. The van der Waals surface area contributed by atoms with Crippen molar-refractivity contribution in [1.82, 2.24) is 14.4 Å². The number of thiazole rings is 1. The van der Waals surface area contributed by atoms with Crippen molar-refractivity contribution in [3.05, 3.63) is 45.7 Å². The number of benzene rings is 1. The van der Waals surface area contributed by atoms with Gasteiger partial charge in [0, 0.05) is 42.9 Å². The Labute approximate surface area is 159 Å². The second-order valence-corrected chi connectivity index (χ2v) is 7.57. The molecule has 3 rings (SSSR count). The fourth-order valence-electron chi connectivity index (χ4n) is 2.94. The molecule has 146 valence electrons. The van der Waals surface area contributed by atoms with Crippen LogP contribution in [0.2, 0.25) is 0 Å². The summed E-state index contributed by atoms with van der Waals surface area (Å²) in [4.78, 5) is 22.1. The maximum atomic E-state index is 12.8. The summed E-state index contributed by atoms with van der Waals surface area (Å²) in [5, 5.41) is 0. The van der Waals surface area contributed by atoms with Crippen LogP contribution in [-0.2, 0) is 6.18 Å². The highest BCUT2D eigenvalue weighted by atomic mass is 32.1. The molecule has 9 heteroatoms. The Kier molecular flexibility index (Phi) is 5.71. The number of alkyl halides is 3. The maximum Gasteiger partial charge on any atom is 0.416 e. The van der Waals surface area contributed by atoms with Gasteiger partial charge in [0.2, 0.25) is 0 Å². The minimum absolute atomic E-state index is 0.312. The van der Waals surface area contributed by atoms with Gasteiger partial charge in [0.1, 0.15) is 0 Å². The summed E-state index contributed by atoms with van der Waals surface area (Å²) in [6, 6.07) is 4.53. The van der Waals surface area contributed by atoms with Crippen molar-refractivity contribution in [2.24, 2.45) is 4.99 Å². The van der Waals surface area contributed by atoms with E-state index in [0.717, 1.165) is 36.6 Å². The molecule has 27 heavy (non-hydrogen) atoms. The number of aromatic nitrogens is 1. The normalized spacial score (nSPS) is 16.8. The Bertz CT molecular complexity index is 862. The summed E-state index contributed by atoms with van der Waals surface area (Å²) in [5.41, 5.74) is -0.170. The third kappa shape index (κ3) is 4.59. The van der Waals surface area contributed by atoms with E-state index in [0.29, 0.717) is 23.6 Å².